The molecular weight excluding hydrogens is 390 g/mol. The fourth-order valence-electron chi connectivity index (χ4n) is 4.83. The van der Waals surface area contributed by atoms with Gasteiger partial charge in [-0.2, -0.15) is 0 Å². The van der Waals surface area contributed by atoms with Crippen molar-refractivity contribution in [3.05, 3.63) is 65.2 Å². The number of carbonyl (C=O) groups is 1. The van der Waals surface area contributed by atoms with Gasteiger partial charge in [0.15, 0.2) is 5.78 Å². The molecule has 3 nitrogen and oxygen atoms in total. The minimum absolute atomic E-state index is 0.105. The largest absolute Gasteiger partial charge is 0.391 e. The summed E-state index contributed by atoms with van der Waals surface area (Å²) >= 11 is 1.87. The Morgan fingerprint density at radius 2 is 1.70 bits per heavy atom. The molecule has 2 atom stereocenters. The molecule has 4 heteroatoms. The van der Waals surface area contributed by atoms with Crippen molar-refractivity contribution >= 4 is 17.5 Å². The number of likely N-dealkylation sites (tertiary alicyclic amines) is 1. The molecule has 1 N–H and O–H groups in total. The molecule has 160 valence electrons. The number of unbranched alkanes of at least 4 members (excludes halogenated alkanes) is 1. The van der Waals surface area contributed by atoms with Crippen molar-refractivity contribution in [1.29, 1.82) is 0 Å². The quantitative estimate of drug-likeness (QED) is 0.386. The van der Waals surface area contributed by atoms with Crippen LogP contribution in [0.25, 0.3) is 0 Å². The number of Topliss-reactive ketones (excluding diaryl/α,β-unsaturated/α-hetero) is 1. The van der Waals surface area contributed by atoms with Crippen LogP contribution in [-0.2, 0) is 12.8 Å². The molecule has 1 fully saturated rings. The number of benzene rings is 2. The van der Waals surface area contributed by atoms with Crippen LogP contribution in [0.5, 0.6) is 0 Å². The second-order valence-corrected chi connectivity index (χ2v) is 9.88. The highest BCUT2D eigenvalue weighted by Crippen LogP contribution is 2.30. The number of rotatable bonds is 7. The molecule has 0 amide bonds. The second-order valence-electron chi connectivity index (χ2n) is 8.71. The lowest BCUT2D eigenvalue weighted by molar-refractivity contribution is 0.0239. The van der Waals surface area contributed by atoms with Crippen molar-refractivity contribution in [2.75, 3.05) is 18.8 Å². The summed E-state index contributed by atoms with van der Waals surface area (Å²) < 4.78 is 0. The van der Waals surface area contributed by atoms with Crippen molar-refractivity contribution in [3.63, 3.8) is 0 Å². The van der Waals surface area contributed by atoms with Gasteiger partial charge >= 0.3 is 0 Å². The van der Waals surface area contributed by atoms with E-state index in [9.17, 15) is 9.90 Å². The van der Waals surface area contributed by atoms with Gasteiger partial charge in [-0.3, -0.25) is 9.69 Å². The maximum Gasteiger partial charge on any atom is 0.166 e. The molecule has 1 heterocycles. The maximum absolute atomic E-state index is 13.0. The Labute approximate surface area is 184 Å². The summed E-state index contributed by atoms with van der Waals surface area (Å²) in [4.78, 5) is 16.7. The van der Waals surface area contributed by atoms with Crippen LogP contribution in [-0.4, -0.2) is 46.8 Å². The van der Waals surface area contributed by atoms with Gasteiger partial charge in [0.25, 0.3) is 0 Å². The Kier molecular flexibility index (Phi) is 7.29. The van der Waals surface area contributed by atoms with Crippen LogP contribution in [0, 0.1) is 5.92 Å². The van der Waals surface area contributed by atoms with Crippen LogP contribution < -0.4 is 0 Å². The Hall–Kier alpha value is -1.62. The van der Waals surface area contributed by atoms with E-state index in [1.807, 2.05) is 23.9 Å². The number of piperidine rings is 1. The minimum Gasteiger partial charge on any atom is -0.391 e. The zero-order chi connectivity index (χ0) is 20.9. The normalized spacial score (nSPS) is 22.6. The van der Waals surface area contributed by atoms with Crippen molar-refractivity contribution in [2.24, 2.45) is 5.92 Å². The first-order chi connectivity index (χ1) is 14.7. The van der Waals surface area contributed by atoms with Gasteiger partial charge in [0.05, 0.1) is 6.10 Å². The van der Waals surface area contributed by atoms with Gasteiger partial charge in [-0.1, -0.05) is 49.7 Å². The van der Waals surface area contributed by atoms with Crippen molar-refractivity contribution in [1.82, 2.24) is 4.90 Å². The van der Waals surface area contributed by atoms with E-state index in [-0.39, 0.29) is 23.8 Å². The predicted octanol–water partition coefficient (Wildman–Crippen LogP) is 5.00. The molecule has 1 aliphatic carbocycles. The molecule has 0 radical (unpaired) electrons. The molecule has 0 saturated carbocycles. The van der Waals surface area contributed by atoms with Crippen LogP contribution in [0.15, 0.2) is 53.4 Å². The first kappa shape index (κ1) is 21.6. The first-order valence-corrected chi connectivity index (χ1v) is 12.4. The summed E-state index contributed by atoms with van der Waals surface area (Å²) in [5.41, 5.74) is 3.49. The summed E-state index contributed by atoms with van der Waals surface area (Å²) in [7, 11) is 0. The molecule has 2 aromatic rings. The van der Waals surface area contributed by atoms with E-state index in [4.69, 9.17) is 0 Å². The highest BCUT2D eigenvalue weighted by molar-refractivity contribution is 7.99. The van der Waals surface area contributed by atoms with Crippen LogP contribution in [0.4, 0.5) is 0 Å². The summed E-state index contributed by atoms with van der Waals surface area (Å²) in [6.07, 6.45) is 5.55. The fourth-order valence-corrected chi connectivity index (χ4v) is 5.83. The summed E-state index contributed by atoms with van der Waals surface area (Å²) in [5.74, 6) is 1.53. The molecule has 30 heavy (non-hydrogen) atoms. The zero-order valence-corrected chi connectivity index (χ0v) is 18.7. The maximum atomic E-state index is 13.0. The van der Waals surface area contributed by atoms with Gasteiger partial charge in [-0.25, -0.2) is 0 Å². The molecule has 0 spiro atoms. The molecule has 2 aromatic carbocycles. The van der Waals surface area contributed by atoms with E-state index in [0.29, 0.717) is 0 Å². The summed E-state index contributed by atoms with van der Waals surface area (Å²) in [5, 5.41) is 10.7. The second kappa shape index (κ2) is 10.1. The average Bonchev–Trinajstić information content (AvgIpc) is 2.79. The van der Waals surface area contributed by atoms with Gasteiger partial charge in [-0.05, 0) is 67.8 Å². The molecular formula is C26H33NO2S. The summed E-state index contributed by atoms with van der Waals surface area (Å²) in [6, 6.07) is 16.8. The van der Waals surface area contributed by atoms with Gasteiger partial charge in [-0.15, -0.1) is 11.8 Å². The Morgan fingerprint density at radius 3 is 2.37 bits per heavy atom. The van der Waals surface area contributed by atoms with Crippen LogP contribution in [0.3, 0.4) is 0 Å². The van der Waals surface area contributed by atoms with Gasteiger partial charge < -0.3 is 5.11 Å². The number of fused-ring (bicyclic) bond motifs is 1. The SMILES string of the molecule is CCCCSc1ccc(C(=O)C2CCN(C3Cc4ccccc4C[C@H]3O)CC2)cc1. The van der Waals surface area contributed by atoms with Gasteiger partial charge in [0, 0.05) is 28.8 Å². The molecule has 2 aliphatic rings. The number of aliphatic hydroxyl groups excluding tert-OH is 1. The molecule has 1 aliphatic heterocycles. The molecule has 0 bridgehead atoms. The number of ketones is 1. The van der Waals surface area contributed by atoms with E-state index in [0.717, 1.165) is 50.1 Å². The predicted molar refractivity (Wildman–Crippen MR) is 124 cm³/mol. The third-order valence-electron chi connectivity index (χ3n) is 6.70. The third-order valence-corrected chi connectivity index (χ3v) is 7.79. The van der Waals surface area contributed by atoms with Gasteiger partial charge in [0.2, 0.25) is 0 Å². The highest BCUT2D eigenvalue weighted by atomic mass is 32.2. The van der Waals surface area contributed by atoms with Crippen molar-refractivity contribution in [2.45, 2.75) is 62.5 Å². The lowest BCUT2D eigenvalue weighted by Gasteiger charge is -2.41. The molecule has 4 rings (SSSR count). The Balaban J connectivity index is 1.31. The molecule has 1 saturated heterocycles. The van der Waals surface area contributed by atoms with Crippen LogP contribution in [0.1, 0.15) is 54.1 Å². The number of nitrogens with zero attached hydrogens (tertiary/aromatic N) is 1. The fraction of sp³-hybridized carbons (Fsp3) is 0.500. The highest BCUT2D eigenvalue weighted by Gasteiger charge is 2.35. The molecule has 1 unspecified atom stereocenters. The smallest absolute Gasteiger partial charge is 0.166 e. The number of carbonyl (C=O) groups excluding carboxylic acids is 1. The topological polar surface area (TPSA) is 40.5 Å². The van der Waals surface area contributed by atoms with E-state index in [2.05, 4.69) is 48.2 Å². The zero-order valence-electron chi connectivity index (χ0n) is 17.9. The number of hydrogen-bond acceptors (Lipinski definition) is 4. The number of thioether (sulfide) groups is 1. The molecule has 0 aromatic heterocycles. The van der Waals surface area contributed by atoms with Crippen molar-refractivity contribution < 1.29 is 9.90 Å². The van der Waals surface area contributed by atoms with E-state index < -0.39 is 0 Å². The third kappa shape index (κ3) is 4.99. The first-order valence-electron chi connectivity index (χ1n) is 11.4. The lowest BCUT2D eigenvalue weighted by Crippen LogP contribution is -2.51. The monoisotopic (exact) mass is 423 g/mol. The Morgan fingerprint density at radius 1 is 1.03 bits per heavy atom. The van der Waals surface area contributed by atoms with Crippen molar-refractivity contribution in [3.8, 4) is 0 Å². The average molecular weight is 424 g/mol. The van der Waals surface area contributed by atoms with Crippen LogP contribution >= 0.6 is 11.8 Å². The number of hydrogen-bond donors (Lipinski definition) is 1. The number of aliphatic hydroxyl groups is 1. The van der Waals surface area contributed by atoms with E-state index in [1.54, 1.807) is 0 Å². The van der Waals surface area contributed by atoms with Crippen LogP contribution in [0.2, 0.25) is 0 Å². The summed E-state index contributed by atoms with van der Waals surface area (Å²) in [6.45, 7) is 4.00. The minimum atomic E-state index is -0.315. The lowest BCUT2D eigenvalue weighted by atomic mass is 9.83. The standard InChI is InChI=1S/C26H33NO2S/c1-2-3-16-30-23-10-8-19(9-11-23)26(29)20-12-14-27(15-13-20)24-17-21-6-4-5-7-22(21)18-25(24)28/h4-11,20,24-25,28H,2-3,12-18H2,1H3/t24?,25-/m1/s1. The van der Waals surface area contributed by atoms with E-state index >= 15 is 0 Å². The van der Waals surface area contributed by atoms with E-state index in [1.165, 1.54) is 28.9 Å². The Bertz CT molecular complexity index is 842. The van der Waals surface area contributed by atoms with Gasteiger partial charge in [0.1, 0.15) is 0 Å².